The predicted molar refractivity (Wildman–Crippen MR) is 60.4 cm³/mol. The van der Waals surface area contributed by atoms with E-state index in [1.807, 2.05) is 4.57 Å². The zero-order chi connectivity index (χ0) is 11.8. The van der Waals surface area contributed by atoms with E-state index in [2.05, 4.69) is 19.6 Å². The van der Waals surface area contributed by atoms with Crippen LogP contribution < -0.4 is 0 Å². The molecule has 0 radical (unpaired) electrons. The van der Waals surface area contributed by atoms with Gasteiger partial charge in [0.05, 0.1) is 5.92 Å². The molecule has 1 saturated heterocycles. The number of nitrogens with zero attached hydrogens (tertiary/aromatic N) is 1. The standard InChI is InChI=1S/C9H16ClNO3Si/c1-15(2,3)11-5-4-6(8(11)12)7(10)9(13)14/h6-7H,4-5H2,1-3H3,(H,13,14). The molecule has 0 spiro atoms. The second kappa shape index (κ2) is 4.13. The highest BCUT2D eigenvalue weighted by Crippen LogP contribution is 2.28. The molecule has 15 heavy (non-hydrogen) atoms. The number of hydrogen-bond donors (Lipinski definition) is 1. The van der Waals surface area contributed by atoms with Crippen LogP contribution in [0.5, 0.6) is 0 Å². The lowest BCUT2D eigenvalue weighted by Crippen LogP contribution is -2.48. The first kappa shape index (κ1) is 12.5. The normalized spacial score (nSPS) is 24.4. The van der Waals surface area contributed by atoms with E-state index in [4.69, 9.17) is 16.7 Å². The first-order chi connectivity index (χ1) is 6.75. The van der Waals surface area contributed by atoms with Gasteiger partial charge in [-0.05, 0) is 6.42 Å². The van der Waals surface area contributed by atoms with Crippen LogP contribution in [0.15, 0.2) is 0 Å². The van der Waals surface area contributed by atoms with Gasteiger partial charge < -0.3 is 9.67 Å². The average Bonchev–Trinajstić information content (AvgIpc) is 2.44. The largest absolute Gasteiger partial charge is 0.480 e. The summed E-state index contributed by atoms with van der Waals surface area (Å²) in [5.74, 6) is -1.74. The fourth-order valence-electron chi connectivity index (χ4n) is 1.81. The Morgan fingerprint density at radius 3 is 2.47 bits per heavy atom. The second-order valence-corrected chi connectivity index (χ2v) is 10.1. The third-order valence-corrected chi connectivity index (χ3v) is 5.20. The minimum atomic E-state index is -1.68. The van der Waals surface area contributed by atoms with Crippen molar-refractivity contribution in [3.63, 3.8) is 0 Å². The van der Waals surface area contributed by atoms with Crippen molar-refractivity contribution < 1.29 is 14.7 Å². The van der Waals surface area contributed by atoms with Gasteiger partial charge in [0, 0.05) is 6.54 Å². The van der Waals surface area contributed by atoms with Crippen molar-refractivity contribution in [2.24, 2.45) is 5.92 Å². The van der Waals surface area contributed by atoms with E-state index in [1.165, 1.54) is 0 Å². The van der Waals surface area contributed by atoms with E-state index in [-0.39, 0.29) is 5.91 Å². The highest BCUT2D eigenvalue weighted by Gasteiger charge is 2.43. The topological polar surface area (TPSA) is 57.6 Å². The van der Waals surface area contributed by atoms with E-state index in [1.54, 1.807) is 0 Å². The Morgan fingerprint density at radius 1 is 1.60 bits per heavy atom. The summed E-state index contributed by atoms with van der Waals surface area (Å²) < 4.78 is 1.83. The molecule has 1 amide bonds. The van der Waals surface area contributed by atoms with Gasteiger partial charge in [-0.2, -0.15) is 0 Å². The molecule has 1 rings (SSSR count). The van der Waals surface area contributed by atoms with E-state index >= 15 is 0 Å². The molecule has 0 aliphatic carbocycles. The molecular formula is C9H16ClNO3Si. The number of hydrogen-bond acceptors (Lipinski definition) is 2. The number of carbonyl (C=O) groups is 2. The first-order valence-electron chi connectivity index (χ1n) is 4.93. The molecular weight excluding hydrogens is 234 g/mol. The van der Waals surface area contributed by atoms with Gasteiger partial charge in [-0.1, -0.05) is 19.6 Å². The first-order valence-corrected chi connectivity index (χ1v) is 8.82. The lowest BCUT2D eigenvalue weighted by atomic mass is 10.0. The minimum Gasteiger partial charge on any atom is -0.480 e. The predicted octanol–water partition coefficient (Wildman–Crippen LogP) is 1.36. The third kappa shape index (κ3) is 2.52. The van der Waals surface area contributed by atoms with Crippen molar-refractivity contribution in [3.05, 3.63) is 0 Å². The highest BCUT2D eigenvalue weighted by molar-refractivity contribution is 6.75. The third-order valence-electron chi connectivity index (χ3n) is 2.65. The van der Waals surface area contributed by atoms with Crippen molar-refractivity contribution in [2.75, 3.05) is 6.54 Å². The maximum atomic E-state index is 11.9. The SMILES string of the molecule is C[Si](C)(C)N1CCC(C(Cl)C(=O)O)C1=O. The summed E-state index contributed by atoms with van der Waals surface area (Å²) in [7, 11) is -1.68. The zero-order valence-corrected chi connectivity index (χ0v) is 10.9. The molecule has 2 unspecified atom stereocenters. The summed E-state index contributed by atoms with van der Waals surface area (Å²) in [6.45, 7) is 6.85. The lowest BCUT2D eigenvalue weighted by molar-refractivity contribution is -0.140. The van der Waals surface area contributed by atoms with Crippen LogP contribution in [0.25, 0.3) is 0 Å². The monoisotopic (exact) mass is 249 g/mol. The quantitative estimate of drug-likeness (QED) is 0.607. The molecule has 0 aromatic rings. The summed E-state index contributed by atoms with van der Waals surface area (Å²) in [6.07, 6.45) is 0.559. The summed E-state index contributed by atoms with van der Waals surface area (Å²) in [6, 6.07) is 0. The summed E-state index contributed by atoms with van der Waals surface area (Å²) in [5, 5.41) is 7.67. The Labute approximate surface area is 95.3 Å². The molecule has 6 heteroatoms. The molecule has 0 aromatic carbocycles. The number of aliphatic carboxylic acids is 1. The van der Waals surface area contributed by atoms with Crippen LogP contribution in [0.2, 0.25) is 19.6 Å². The number of carbonyl (C=O) groups excluding carboxylic acids is 1. The molecule has 86 valence electrons. The lowest BCUT2D eigenvalue weighted by Gasteiger charge is -2.30. The van der Waals surface area contributed by atoms with Crippen molar-refractivity contribution in [3.8, 4) is 0 Å². The maximum Gasteiger partial charge on any atom is 0.322 e. The molecule has 1 N–H and O–H groups in total. The van der Waals surface area contributed by atoms with Gasteiger partial charge in [-0.3, -0.25) is 9.59 Å². The van der Waals surface area contributed by atoms with E-state index in [0.717, 1.165) is 0 Å². The van der Waals surface area contributed by atoms with Crippen LogP contribution in [0.1, 0.15) is 6.42 Å². The van der Waals surface area contributed by atoms with E-state index < -0.39 is 25.5 Å². The summed E-state index contributed by atoms with van der Waals surface area (Å²) in [4.78, 5) is 22.6. The van der Waals surface area contributed by atoms with E-state index in [9.17, 15) is 9.59 Å². The van der Waals surface area contributed by atoms with Crippen LogP contribution in [-0.4, -0.2) is 41.7 Å². The Hall–Kier alpha value is -0.553. The van der Waals surface area contributed by atoms with Crippen molar-refractivity contribution >= 4 is 31.7 Å². The van der Waals surface area contributed by atoms with Gasteiger partial charge in [0.2, 0.25) is 5.91 Å². The Balaban J connectivity index is 2.77. The average molecular weight is 250 g/mol. The summed E-state index contributed by atoms with van der Waals surface area (Å²) in [5.41, 5.74) is 0. The fraction of sp³-hybridized carbons (Fsp3) is 0.778. The number of alkyl halides is 1. The van der Waals surface area contributed by atoms with Crippen LogP contribution in [-0.2, 0) is 9.59 Å². The molecule has 4 nitrogen and oxygen atoms in total. The van der Waals surface area contributed by atoms with Crippen molar-refractivity contribution in [1.29, 1.82) is 0 Å². The smallest absolute Gasteiger partial charge is 0.322 e. The molecule has 0 bridgehead atoms. The molecule has 1 aliphatic heterocycles. The molecule has 1 fully saturated rings. The van der Waals surface area contributed by atoms with Gasteiger partial charge >= 0.3 is 5.97 Å². The number of carboxylic acids is 1. The number of carboxylic acid groups (broad SMARTS) is 1. The second-order valence-electron chi connectivity index (χ2n) is 4.80. The van der Waals surface area contributed by atoms with Gasteiger partial charge in [-0.25, -0.2) is 0 Å². The Kier molecular flexibility index (Phi) is 3.45. The maximum absolute atomic E-state index is 11.9. The van der Waals surface area contributed by atoms with Gasteiger partial charge in [0.15, 0.2) is 8.24 Å². The molecule has 1 aliphatic rings. The van der Waals surface area contributed by atoms with Crippen LogP contribution in [0.3, 0.4) is 0 Å². The van der Waals surface area contributed by atoms with Gasteiger partial charge in [-0.15, -0.1) is 11.6 Å². The van der Waals surface area contributed by atoms with Crippen molar-refractivity contribution in [2.45, 2.75) is 31.4 Å². The van der Waals surface area contributed by atoms with E-state index in [0.29, 0.717) is 13.0 Å². The number of halogens is 1. The molecule has 2 atom stereocenters. The highest BCUT2D eigenvalue weighted by atomic mass is 35.5. The fourth-order valence-corrected chi connectivity index (χ4v) is 3.67. The van der Waals surface area contributed by atoms with Crippen molar-refractivity contribution in [1.82, 2.24) is 4.57 Å². The zero-order valence-electron chi connectivity index (χ0n) is 9.16. The van der Waals surface area contributed by atoms with Gasteiger partial charge in [0.1, 0.15) is 5.38 Å². The van der Waals surface area contributed by atoms with Crippen LogP contribution in [0.4, 0.5) is 0 Å². The molecule has 0 saturated carbocycles. The molecule has 1 heterocycles. The van der Waals surface area contributed by atoms with Crippen LogP contribution in [0, 0.1) is 5.92 Å². The number of amides is 1. The Morgan fingerprint density at radius 2 is 2.13 bits per heavy atom. The summed E-state index contributed by atoms with van der Waals surface area (Å²) >= 11 is 5.70. The number of rotatable bonds is 3. The minimum absolute atomic E-state index is 0.0865. The Bertz CT molecular complexity index is 290. The van der Waals surface area contributed by atoms with Crippen LogP contribution >= 0.6 is 11.6 Å². The van der Waals surface area contributed by atoms with Gasteiger partial charge in [0.25, 0.3) is 0 Å². The molecule has 0 aromatic heterocycles.